The first-order chi connectivity index (χ1) is 10.9. The summed E-state index contributed by atoms with van der Waals surface area (Å²) in [7, 11) is 0. The molecule has 1 aromatic heterocycles. The monoisotopic (exact) mass is 314 g/mol. The summed E-state index contributed by atoms with van der Waals surface area (Å²) in [5.41, 5.74) is 1.29. The number of benzene rings is 1. The number of nitrogens with zero attached hydrogens (tertiary/aromatic N) is 2. The van der Waals surface area contributed by atoms with Gasteiger partial charge in [0.2, 0.25) is 0 Å². The molecule has 122 valence electrons. The van der Waals surface area contributed by atoms with Crippen molar-refractivity contribution in [3.8, 4) is 11.4 Å². The van der Waals surface area contributed by atoms with E-state index in [0.717, 1.165) is 11.3 Å². The zero-order chi connectivity index (χ0) is 16.7. The number of hydrogen-bond acceptors (Lipinski definition) is 5. The molecule has 0 aliphatic heterocycles. The minimum Gasteiger partial charge on any atom is -0.444 e. The highest BCUT2D eigenvalue weighted by atomic mass is 16.6. The van der Waals surface area contributed by atoms with Crippen molar-refractivity contribution in [2.24, 2.45) is 0 Å². The molecule has 0 fully saturated rings. The quantitative estimate of drug-likeness (QED) is 0.829. The van der Waals surface area contributed by atoms with Crippen LogP contribution in [0.2, 0.25) is 0 Å². The third kappa shape index (κ3) is 5.94. The number of alkyl carbamates (subject to hydrolysis) is 1. The topological polar surface area (TPSA) is 76.1 Å². The van der Waals surface area contributed by atoms with Gasteiger partial charge in [-0.15, -0.1) is 0 Å². The zero-order valence-corrected chi connectivity index (χ0v) is 13.7. The molecule has 0 atom stereocenters. The smallest absolute Gasteiger partial charge is 0.407 e. The number of nitrogens with one attached hydrogen (secondary N) is 2. The molecule has 0 unspecified atom stereocenters. The van der Waals surface area contributed by atoms with E-state index in [2.05, 4.69) is 20.6 Å². The second kappa shape index (κ2) is 7.58. The van der Waals surface area contributed by atoms with Crippen molar-refractivity contribution in [3.63, 3.8) is 0 Å². The van der Waals surface area contributed by atoms with E-state index in [-0.39, 0.29) is 0 Å². The molecule has 0 bridgehead atoms. The van der Waals surface area contributed by atoms with E-state index in [1.54, 1.807) is 12.4 Å². The molecular formula is C17H22N4O2. The standard InChI is InChI=1S/C17H22N4O2/c1-17(2,3)23-16(22)19-10-9-18-14-11-20-15(21-12-14)13-7-5-4-6-8-13/h4-8,11-12,18H,9-10H2,1-3H3,(H,19,22). The van der Waals surface area contributed by atoms with Gasteiger partial charge in [0.25, 0.3) is 0 Å². The highest BCUT2D eigenvalue weighted by molar-refractivity contribution is 5.67. The van der Waals surface area contributed by atoms with Crippen LogP contribution in [0.4, 0.5) is 10.5 Å². The van der Waals surface area contributed by atoms with Gasteiger partial charge in [-0.3, -0.25) is 0 Å². The van der Waals surface area contributed by atoms with Crippen LogP contribution in [0.1, 0.15) is 20.8 Å². The van der Waals surface area contributed by atoms with E-state index in [1.165, 1.54) is 0 Å². The van der Waals surface area contributed by atoms with E-state index in [0.29, 0.717) is 18.9 Å². The molecule has 1 aromatic carbocycles. The fourth-order valence-electron chi connectivity index (χ4n) is 1.84. The van der Waals surface area contributed by atoms with Crippen molar-refractivity contribution in [1.82, 2.24) is 15.3 Å². The fourth-order valence-corrected chi connectivity index (χ4v) is 1.84. The second-order valence-corrected chi connectivity index (χ2v) is 6.02. The maximum atomic E-state index is 11.5. The average molecular weight is 314 g/mol. The molecule has 6 nitrogen and oxygen atoms in total. The molecule has 6 heteroatoms. The van der Waals surface area contributed by atoms with Crippen molar-refractivity contribution in [1.29, 1.82) is 0 Å². The van der Waals surface area contributed by atoms with Crippen LogP contribution in [0.25, 0.3) is 11.4 Å². The largest absolute Gasteiger partial charge is 0.444 e. The Morgan fingerprint density at radius 3 is 2.35 bits per heavy atom. The Balaban J connectivity index is 1.76. The molecular weight excluding hydrogens is 292 g/mol. The molecule has 0 aliphatic carbocycles. The molecule has 0 saturated carbocycles. The number of ether oxygens (including phenoxy) is 1. The normalized spacial score (nSPS) is 10.9. The van der Waals surface area contributed by atoms with Gasteiger partial charge >= 0.3 is 6.09 Å². The van der Waals surface area contributed by atoms with Crippen molar-refractivity contribution < 1.29 is 9.53 Å². The Hall–Kier alpha value is -2.63. The summed E-state index contributed by atoms with van der Waals surface area (Å²) < 4.78 is 5.15. The first-order valence-corrected chi connectivity index (χ1v) is 7.52. The lowest BCUT2D eigenvalue weighted by Gasteiger charge is -2.19. The van der Waals surface area contributed by atoms with Crippen molar-refractivity contribution in [2.75, 3.05) is 18.4 Å². The molecule has 0 saturated heterocycles. The summed E-state index contributed by atoms with van der Waals surface area (Å²) in [6.45, 7) is 6.51. The van der Waals surface area contributed by atoms with Gasteiger partial charge in [0.15, 0.2) is 5.82 Å². The van der Waals surface area contributed by atoms with Crippen LogP contribution in [0.3, 0.4) is 0 Å². The molecule has 2 N–H and O–H groups in total. The molecule has 2 aromatic rings. The van der Waals surface area contributed by atoms with Gasteiger partial charge in [-0.1, -0.05) is 30.3 Å². The Labute approximate surface area is 136 Å². The number of carbonyl (C=O) groups excluding carboxylic acids is 1. The first kappa shape index (κ1) is 16.7. The number of hydrogen-bond donors (Lipinski definition) is 2. The maximum Gasteiger partial charge on any atom is 0.407 e. The summed E-state index contributed by atoms with van der Waals surface area (Å²) in [5.74, 6) is 0.683. The minimum atomic E-state index is -0.487. The number of rotatable bonds is 5. The second-order valence-electron chi connectivity index (χ2n) is 6.02. The van der Waals surface area contributed by atoms with Crippen molar-refractivity contribution in [3.05, 3.63) is 42.7 Å². The van der Waals surface area contributed by atoms with Gasteiger partial charge < -0.3 is 15.4 Å². The number of aromatic nitrogens is 2. The third-order valence-corrected chi connectivity index (χ3v) is 2.81. The van der Waals surface area contributed by atoms with E-state index in [1.807, 2.05) is 51.1 Å². The van der Waals surface area contributed by atoms with Crippen LogP contribution in [0.5, 0.6) is 0 Å². The van der Waals surface area contributed by atoms with Gasteiger partial charge in [0.05, 0.1) is 18.1 Å². The highest BCUT2D eigenvalue weighted by Crippen LogP contribution is 2.14. The Kier molecular flexibility index (Phi) is 5.51. The number of carbonyl (C=O) groups is 1. The van der Waals surface area contributed by atoms with Crippen molar-refractivity contribution in [2.45, 2.75) is 26.4 Å². The number of amides is 1. The summed E-state index contributed by atoms with van der Waals surface area (Å²) in [6, 6.07) is 9.79. The number of anilines is 1. The molecule has 1 heterocycles. The lowest BCUT2D eigenvalue weighted by atomic mass is 10.2. The lowest BCUT2D eigenvalue weighted by molar-refractivity contribution is 0.0530. The van der Waals surface area contributed by atoms with Crippen LogP contribution < -0.4 is 10.6 Å². The summed E-state index contributed by atoms with van der Waals surface area (Å²) >= 11 is 0. The van der Waals surface area contributed by atoms with Crippen LogP contribution >= 0.6 is 0 Å². The summed E-state index contributed by atoms with van der Waals surface area (Å²) in [6.07, 6.45) is 3.03. The van der Waals surface area contributed by atoms with Gasteiger partial charge in [0.1, 0.15) is 5.60 Å². The van der Waals surface area contributed by atoms with E-state index < -0.39 is 11.7 Å². The summed E-state index contributed by atoms with van der Waals surface area (Å²) in [5, 5.41) is 5.83. The van der Waals surface area contributed by atoms with Crippen molar-refractivity contribution >= 4 is 11.8 Å². The molecule has 2 rings (SSSR count). The summed E-state index contributed by atoms with van der Waals surface area (Å²) in [4.78, 5) is 20.1. The van der Waals surface area contributed by atoms with Gasteiger partial charge in [-0.05, 0) is 20.8 Å². The van der Waals surface area contributed by atoms with Gasteiger partial charge in [0, 0.05) is 18.7 Å². The molecule has 0 radical (unpaired) electrons. The molecule has 0 spiro atoms. The fraction of sp³-hybridized carbons (Fsp3) is 0.353. The predicted octanol–water partition coefficient (Wildman–Crippen LogP) is 3.08. The van der Waals surface area contributed by atoms with Crippen LogP contribution in [0, 0.1) is 0 Å². The Morgan fingerprint density at radius 1 is 1.09 bits per heavy atom. The van der Waals surface area contributed by atoms with Crippen LogP contribution in [0.15, 0.2) is 42.7 Å². The van der Waals surface area contributed by atoms with E-state index >= 15 is 0 Å². The minimum absolute atomic E-state index is 0.421. The maximum absolute atomic E-state index is 11.5. The Bertz CT molecular complexity index is 621. The third-order valence-electron chi connectivity index (χ3n) is 2.81. The molecule has 1 amide bonds. The van der Waals surface area contributed by atoms with E-state index in [9.17, 15) is 4.79 Å². The predicted molar refractivity (Wildman–Crippen MR) is 90.2 cm³/mol. The molecule has 0 aliphatic rings. The average Bonchev–Trinajstić information content (AvgIpc) is 2.51. The molecule has 23 heavy (non-hydrogen) atoms. The highest BCUT2D eigenvalue weighted by Gasteiger charge is 2.15. The van der Waals surface area contributed by atoms with Gasteiger partial charge in [-0.2, -0.15) is 0 Å². The first-order valence-electron chi connectivity index (χ1n) is 7.52. The SMILES string of the molecule is CC(C)(C)OC(=O)NCCNc1cnc(-c2ccccc2)nc1. The lowest BCUT2D eigenvalue weighted by Crippen LogP contribution is -2.35. The van der Waals surface area contributed by atoms with Crippen LogP contribution in [-0.4, -0.2) is 34.8 Å². The Morgan fingerprint density at radius 2 is 1.74 bits per heavy atom. The zero-order valence-electron chi connectivity index (χ0n) is 13.7. The van der Waals surface area contributed by atoms with Crippen LogP contribution in [-0.2, 0) is 4.74 Å². The van der Waals surface area contributed by atoms with E-state index in [4.69, 9.17) is 4.74 Å². The van der Waals surface area contributed by atoms with Gasteiger partial charge in [-0.25, -0.2) is 14.8 Å².